The number of aliphatic hydroxyl groups excluding tert-OH is 1. The maximum Gasteiger partial charge on any atom is 0.123 e. The summed E-state index contributed by atoms with van der Waals surface area (Å²) in [6.07, 6.45) is 3.86. The first-order valence-electron chi connectivity index (χ1n) is 7.77. The van der Waals surface area contributed by atoms with E-state index in [9.17, 15) is 9.50 Å². The van der Waals surface area contributed by atoms with Gasteiger partial charge in [0.25, 0.3) is 0 Å². The second-order valence-electron chi connectivity index (χ2n) is 7.17. The van der Waals surface area contributed by atoms with Crippen LogP contribution >= 0.6 is 0 Å². The van der Waals surface area contributed by atoms with Crippen LogP contribution in [0, 0.1) is 5.82 Å². The second-order valence-corrected chi connectivity index (χ2v) is 7.17. The molecule has 0 fully saturated rings. The van der Waals surface area contributed by atoms with Gasteiger partial charge < -0.3 is 10.4 Å². The highest BCUT2D eigenvalue weighted by atomic mass is 19.1. The summed E-state index contributed by atoms with van der Waals surface area (Å²) in [6.45, 7) is 6.46. The fourth-order valence-corrected chi connectivity index (χ4v) is 4.20. The topological polar surface area (TPSA) is 32.3 Å². The summed E-state index contributed by atoms with van der Waals surface area (Å²) in [5.41, 5.74) is 6.54. The van der Waals surface area contributed by atoms with Gasteiger partial charge in [0, 0.05) is 23.6 Å². The maximum absolute atomic E-state index is 13.5. The first-order chi connectivity index (χ1) is 10.4. The quantitative estimate of drug-likeness (QED) is 0.735. The van der Waals surface area contributed by atoms with Crippen LogP contribution in [0.1, 0.15) is 50.7 Å². The van der Waals surface area contributed by atoms with Crippen molar-refractivity contribution in [2.75, 3.05) is 0 Å². The third-order valence-corrected chi connectivity index (χ3v) is 5.04. The molecule has 0 bridgehead atoms. The zero-order valence-electron chi connectivity index (χ0n) is 13.1. The van der Waals surface area contributed by atoms with E-state index in [1.165, 1.54) is 29.0 Å². The fourth-order valence-electron chi connectivity index (χ4n) is 4.20. The first kappa shape index (κ1) is 13.6. The molecule has 0 saturated heterocycles. The largest absolute Gasteiger partial charge is 0.507 e. The van der Waals surface area contributed by atoms with Crippen LogP contribution in [0.2, 0.25) is 0 Å². The highest BCUT2D eigenvalue weighted by Crippen LogP contribution is 2.51. The Kier molecular flexibility index (Phi) is 2.63. The van der Waals surface area contributed by atoms with Crippen molar-refractivity contribution in [3.63, 3.8) is 0 Å². The fraction of sp³-hybridized carbons (Fsp3) is 0.368. The summed E-state index contributed by atoms with van der Waals surface area (Å²) in [6, 6.07) is 4.77. The number of benzene rings is 1. The van der Waals surface area contributed by atoms with Crippen LogP contribution in [0.5, 0.6) is 0 Å². The molecular weight excluding hydrogens is 277 g/mol. The van der Waals surface area contributed by atoms with Crippen LogP contribution < -0.4 is 5.32 Å². The van der Waals surface area contributed by atoms with Crippen molar-refractivity contribution in [3.05, 3.63) is 63.6 Å². The second kappa shape index (κ2) is 4.25. The predicted octanol–water partition coefficient (Wildman–Crippen LogP) is 4.57. The van der Waals surface area contributed by atoms with Crippen LogP contribution in [0.4, 0.5) is 4.39 Å². The molecule has 3 heteroatoms. The third-order valence-electron chi connectivity index (χ3n) is 5.04. The molecule has 2 N–H and O–H groups in total. The Morgan fingerprint density at radius 1 is 1.32 bits per heavy atom. The van der Waals surface area contributed by atoms with Crippen LogP contribution in [0.3, 0.4) is 0 Å². The van der Waals surface area contributed by atoms with Gasteiger partial charge in [0.15, 0.2) is 0 Å². The molecule has 1 aromatic carbocycles. The van der Waals surface area contributed by atoms with Crippen molar-refractivity contribution < 1.29 is 9.50 Å². The molecule has 1 atom stereocenters. The van der Waals surface area contributed by atoms with E-state index in [1.807, 2.05) is 6.07 Å². The lowest BCUT2D eigenvalue weighted by atomic mass is 9.76. The predicted molar refractivity (Wildman–Crippen MR) is 85.9 cm³/mol. The molecule has 1 aliphatic heterocycles. The molecule has 0 spiro atoms. The van der Waals surface area contributed by atoms with E-state index >= 15 is 0 Å². The standard InChI is InChI=1S/C19H20FNO/c1-10-9-19(2,3)21-17-8-16-14(7-13(10)17)12-5-4-11(20)6-15(12)18(16)22/h4-6,9,14,21-22H,7-8H2,1-3H3. The number of hydrogen-bond donors (Lipinski definition) is 2. The Bertz CT molecular complexity index is 783. The van der Waals surface area contributed by atoms with Crippen molar-refractivity contribution in [1.82, 2.24) is 5.32 Å². The molecule has 0 amide bonds. The number of rotatable bonds is 0. The van der Waals surface area contributed by atoms with Gasteiger partial charge in [0.05, 0.1) is 5.54 Å². The Morgan fingerprint density at radius 3 is 2.86 bits per heavy atom. The molecule has 1 unspecified atom stereocenters. The van der Waals surface area contributed by atoms with Gasteiger partial charge in [-0.05, 0) is 61.6 Å². The summed E-state index contributed by atoms with van der Waals surface area (Å²) in [7, 11) is 0. The number of allylic oxidation sites excluding steroid dienone is 3. The lowest BCUT2D eigenvalue weighted by Gasteiger charge is -2.38. The zero-order valence-corrected chi connectivity index (χ0v) is 13.1. The number of hydrogen-bond acceptors (Lipinski definition) is 2. The molecule has 0 radical (unpaired) electrons. The summed E-state index contributed by atoms with van der Waals surface area (Å²) < 4.78 is 13.5. The van der Waals surface area contributed by atoms with Gasteiger partial charge in [-0.3, -0.25) is 0 Å². The zero-order chi connectivity index (χ0) is 15.6. The first-order valence-corrected chi connectivity index (χ1v) is 7.77. The number of dihydropyridines is 1. The van der Waals surface area contributed by atoms with E-state index in [4.69, 9.17) is 0 Å². The van der Waals surface area contributed by atoms with Gasteiger partial charge in [-0.1, -0.05) is 12.1 Å². The number of halogens is 1. The Hall–Kier alpha value is -2.03. The SMILES string of the molecule is CC1=CC(C)(C)NC2=C1CC1C(=C(O)c3cc(F)ccc31)C2. The van der Waals surface area contributed by atoms with E-state index in [2.05, 4.69) is 32.2 Å². The molecule has 2 nitrogen and oxygen atoms in total. The van der Waals surface area contributed by atoms with E-state index in [0.29, 0.717) is 5.56 Å². The number of aliphatic hydroxyl groups is 1. The van der Waals surface area contributed by atoms with E-state index < -0.39 is 0 Å². The molecule has 0 aromatic heterocycles. The van der Waals surface area contributed by atoms with Gasteiger partial charge in [-0.15, -0.1) is 0 Å². The highest BCUT2D eigenvalue weighted by molar-refractivity contribution is 5.75. The Labute approximate surface area is 130 Å². The third kappa shape index (κ3) is 1.84. The van der Waals surface area contributed by atoms with Crippen molar-refractivity contribution in [3.8, 4) is 0 Å². The normalized spacial score (nSPS) is 25.3. The van der Waals surface area contributed by atoms with Gasteiger partial charge in [0.2, 0.25) is 0 Å². The van der Waals surface area contributed by atoms with Crippen molar-refractivity contribution in [2.24, 2.45) is 0 Å². The molecule has 114 valence electrons. The van der Waals surface area contributed by atoms with Gasteiger partial charge in [-0.2, -0.15) is 0 Å². The van der Waals surface area contributed by atoms with Crippen molar-refractivity contribution in [1.29, 1.82) is 0 Å². The lowest BCUT2D eigenvalue weighted by Crippen LogP contribution is -2.41. The average Bonchev–Trinajstić information content (AvgIpc) is 2.69. The minimum absolute atomic E-state index is 0.0660. The van der Waals surface area contributed by atoms with Crippen LogP contribution in [0.25, 0.3) is 5.76 Å². The molecule has 2 aliphatic carbocycles. The molecule has 1 heterocycles. The Balaban J connectivity index is 1.81. The highest BCUT2D eigenvalue weighted by Gasteiger charge is 2.38. The average molecular weight is 297 g/mol. The van der Waals surface area contributed by atoms with Gasteiger partial charge in [0.1, 0.15) is 11.6 Å². The summed E-state index contributed by atoms with van der Waals surface area (Å²) in [4.78, 5) is 0. The summed E-state index contributed by atoms with van der Waals surface area (Å²) in [5, 5.41) is 14.1. The van der Waals surface area contributed by atoms with Crippen LogP contribution in [-0.2, 0) is 0 Å². The van der Waals surface area contributed by atoms with Crippen LogP contribution in [-0.4, -0.2) is 10.6 Å². The molecule has 4 rings (SSSR count). The minimum Gasteiger partial charge on any atom is -0.507 e. The van der Waals surface area contributed by atoms with E-state index in [0.717, 1.165) is 24.0 Å². The summed E-state index contributed by atoms with van der Waals surface area (Å²) in [5.74, 6) is 0.163. The molecule has 22 heavy (non-hydrogen) atoms. The monoisotopic (exact) mass is 297 g/mol. The number of fused-ring (bicyclic) bond motifs is 3. The Morgan fingerprint density at radius 2 is 2.09 bits per heavy atom. The molecule has 3 aliphatic rings. The number of nitrogens with one attached hydrogen (secondary N) is 1. The van der Waals surface area contributed by atoms with Crippen molar-refractivity contribution in [2.45, 2.75) is 45.1 Å². The molecular formula is C19H20FNO. The van der Waals surface area contributed by atoms with Gasteiger partial charge in [-0.25, -0.2) is 4.39 Å². The van der Waals surface area contributed by atoms with E-state index in [-0.39, 0.29) is 23.0 Å². The minimum atomic E-state index is -0.294. The van der Waals surface area contributed by atoms with E-state index in [1.54, 1.807) is 0 Å². The lowest BCUT2D eigenvalue weighted by molar-refractivity contribution is 0.479. The molecule has 0 saturated carbocycles. The smallest absolute Gasteiger partial charge is 0.123 e. The van der Waals surface area contributed by atoms with Gasteiger partial charge >= 0.3 is 0 Å². The van der Waals surface area contributed by atoms with Crippen molar-refractivity contribution >= 4 is 5.76 Å². The molecule has 1 aromatic rings. The summed E-state index contributed by atoms with van der Waals surface area (Å²) >= 11 is 0. The maximum atomic E-state index is 13.5. The van der Waals surface area contributed by atoms with Crippen LogP contribution in [0.15, 0.2) is 46.7 Å².